The smallest absolute Gasteiger partial charge is 0.264 e. The van der Waals surface area contributed by atoms with Crippen molar-refractivity contribution >= 4 is 27.2 Å². The minimum absolute atomic E-state index is 0.109. The largest absolute Gasteiger partial charge is 0.278 e. The Hall–Kier alpha value is -1.88. The number of hydrogen-bond acceptors (Lipinski definition) is 3. The van der Waals surface area contributed by atoms with Gasteiger partial charge in [-0.25, -0.2) is 8.42 Å². The van der Waals surface area contributed by atoms with Crippen molar-refractivity contribution in [1.29, 1.82) is 0 Å². The van der Waals surface area contributed by atoms with Crippen molar-refractivity contribution in [3.05, 3.63) is 42.5 Å². The second kappa shape index (κ2) is 3.94. The Bertz CT molecular complexity index is 629. The number of benzene rings is 2. The molecule has 2 aromatic rings. The molecular weight excluding hydrogens is 226 g/mol. The molecule has 0 bridgehead atoms. The van der Waals surface area contributed by atoms with Gasteiger partial charge in [0.15, 0.2) is 0 Å². The van der Waals surface area contributed by atoms with E-state index in [0.717, 1.165) is 5.39 Å². The van der Waals surface area contributed by atoms with E-state index in [1.165, 1.54) is 6.07 Å². The van der Waals surface area contributed by atoms with Crippen LogP contribution in [0.3, 0.4) is 0 Å². The third kappa shape index (κ3) is 1.77. The van der Waals surface area contributed by atoms with Crippen molar-refractivity contribution in [2.75, 3.05) is 0 Å². The molecule has 1 amide bonds. The first-order valence-corrected chi connectivity index (χ1v) is 6.07. The second-order valence-electron chi connectivity index (χ2n) is 3.22. The number of sulfonamides is 1. The highest BCUT2D eigenvalue weighted by molar-refractivity contribution is 7.90. The minimum atomic E-state index is -3.75. The fourth-order valence-corrected chi connectivity index (χ4v) is 2.54. The molecule has 0 saturated heterocycles. The molecule has 0 radical (unpaired) electrons. The summed E-state index contributed by atoms with van der Waals surface area (Å²) >= 11 is 0. The third-order valence-electron chi connectivity index (χ3n) is 2.24. The molecule has 0 heterocycles. The van der Waals surface area contributed by atoms with Gasteiger partial charge in [0, 0.05) is 5.39 Å². The molecule has 2 aromatic carbocycles. The van der Waals surface area contributed by atoms with E-state index in [1.54, 1.807) is 18.2 Å². The van der Waals surface area contributed by atoms with Crippen molar-refractivity contribution in [3.8, 4) is 0 Å². The Kier molecular flexibility index (Phi) is 2.62. The van der Waals surface area contributed by atoms with Crippen LogP contribution < -0.4 is 4.72 Å². The molecule has 0 unspecified atom stereocenters. The van der Waals surface area contributed by atoms with Gasteiger partial charge in [0.2, 0.25) is 6.41 Å². The average molecular weight is 235 g/mol. The molecule has 2 rings (SSSR count). The number of amides is 1. The lowest BCUT2D eigenvalue weighted by molar-refractivity contribution is -0.108. The summed E-state index contributed by atoms with van der Waals surface area (Å²) in [5.74, 6) is 0. The van der Waals surface area contributed by atoms with E-state index in [4.69, 9.17) is 0 Å². The number of nitrogens with one attached hydrogen (secondary N) is 1. The first-order chi connectivity index (χ1) is 7.65. The van der Waals surface area contributed by atoms with Gasteiger partial charge in [-0.15, -0.1) is 0 Å². The van der Waals surface area contributed by atoms with Crippen LogP contribution in [0.4, 0.5) is 0 Å². The third-order valence-corrected chi connectivity index (χ3v) is 3.58. The zero-order valence-electron chi connectivity index (χ0n) is 8.25. The van der Waals surface area contributed by atoms with Crippen LogP contribution in [-0.2, 0) is 14.8 Å². The van der Waals surface area contributed by atoms with E-state index in [0.29, 0.717) is 5.39 Å². The molecule has 5 heteroatoms. The summed E-state index contributed by atoms with van der Waals surface area (Å²) in [6.07, 6.45) is 0.164. The molecule has 0 saturated carbocycles. The zero-order valence-corrected chi connectivity index (χ0v) is 9.07. The summed E-state index contributed by atoms with van der Waals surface area (Å²) in [6.45, 7) is 0. The van der Waals surface area contributed by atoms with Gasteiger partial charge < -0.3 is 0 Å². The fraction of sp³-hybridized carbons (Fsp3) is 0. The Balaban J connectivity index is 2.75. The van der Waals surface area contributed by atoms with Crippen molar-refractivity contribution in [2.24, 2.45) is 0 Å². The highest BCUT2D eigenvalue weighted by atomic mass is 32.2. The molecule has 0 fully saturated rings. The number of fused-ring (bicyclic) bond motifs is 1. The lowest BCUT2D eigenvalue weighted by Crippen LogP contribution is -2.21. The highest BCUT2D eigenvalue weighted by Crippen LogP contribution is 2.22. The van der Waals surface area contributed by atoms with Crippen molar-refractivity contribution in [1.82, 2.24) is 4.72 Å². The van der Waals surface area contributed by atoms with Crippen LogP contribution in [0.1, 0.15) is 0 Å². The van der Waals surface area contributed by atoms with E-state index >= 15 is 0 Å². The molecule has 16 heavy (non-hydrogen) atoms. The van der Waals surface area contributed by atoms with Crippen LogP contribution in [-0.4, -0.2) is 14.8 Å². The molecule has 4 nitrogen and oxygen atoms in total. The molecule has 0 atom stereocenters. The summed E-state index contributed by atoms with van der Waals surface area (Å²) < 4.78 is 25.2. The van der Waals surface area contributed by atoms with Crippen molar-refractivity contribution in [2.45, 2.75) is 4.90 Å². The normalized spacial score (nSPS) is 11.2. The van der Waals surface area contributed by atoms with Crippen LogP contribution in [0.25, 0.3) is 10.8 Å². The van der Waals surface area contributed by atoms with Gasteiger partial charge in [0.1, 0.15) is 0 Å². The van der Waals surface area contributed by atoms with Crippen molar-refractivity contribution in [3.63, 3.8) is 0 Å². The molecule has 82 valence electrons. The Morgan fingerprint density at radius 3 is 2.44 bits per heavy atom. The average Bonchev–Trinajstić information content (AvgIpc) is 2.28. The Morgan fingerprint density at radius 1 is 1.00 bits per heavy atom. The van der Waals surface area contributed by atoms with Gasteiger partial charge in [0.05, 0.1) is 4.90 Å². The van der Waals surface area contributed by atoms with Crippen molar-refractivity contribution < 1.29 is 13.2 Å². The lowest BCUT2D eigenvalue weighted by atomic mass is 10.1. The topological polar surface area (TPSA) is 63.2 Å². The molecule has 0 aromatic heterocycles. The van der Waals surface area contributed by atoms with Gasteiger partial charge in [-0.05, 0) is 11.5 Å². The molecule has 0 aliphatic rings. The summed E-state index contributed by atoms with van der Waals surface area (Å²) in [7, 11) is -3.75. The molecule has 0 aliphatic carbocycles. The van der Waals surface area contributed by atoms with Crippen LogP contribution in [0.2, 0.25) is 0 Å². The maximum absolute atomic E-state index is 11.7. The molecular formula is C11H9NO3S. The predicted molar refractivity (Wildman–Crippen MR) is 60.3 cm³/mol. The fourth-order valence-electron chi connectivity index (χ4n) is 1.56. The zero-order chi connectivity index (χ0) is 11.6. The van der Waals surface area contributed by atoms with Crippen LogP contribution in [0, 0.1) is 0 Å². The highest BCUT2D eigenvalue weighted by Gasteiger charge is 2.15. The van der Waals surface area contributed by atoms with Crippen LogP contribution in [0.15, 0.2) is 47.4 Å². The SMILES string of the molecule is O=CNS(=O)(=O)c1cccc2ccccc12. The number of rotatable bonds is 3. The summed E-state index contributed by atoms with van der Waals surface area (Å²) in [4.78, 5) is 10.3. The van der Waals surface area contributed by atoms with E-state index < -0.39 is 10.0 Å². The first-order valence-electron chi connectivity index (χ1n) is 4.59. The monoisotopic (exact) mass is 235 g/mol. The molecule has 0 aliphatic heterocycles. The van der Waals surface area contributed by atoms with Gasteiger partial charge in [-0.2, -0.15) is 0 Å². The second-order valence-corrected chi connectivity index (χ2v) is 4.90. The van der Waals surface area contributed by atoms with Gasteiger partial charge in [-0.1, -0.05) is 36.4 Å². The summed E-state index contributed by atoms with van der Waals surface area (Å²) in [6, 6.07) is 12.0. The Morgan fingerprint density at radius 2 is 1.69 bits per heavy atom. The first kappa shape index (κ1) is 10.6. The van der Waals surface area contributed by atoms with E-state index in [9.17, 15) is 13.2 Å². The minimum Gasteiger partial charge on any atom is -0.278 e. The van der Waals surface area contributed by atoms with Gasteiger partial charge in [0.25, 0.3) is 10.0 Å². The van der Waals surface area contributed by atoms with Gasteiger partial charge in [-0.3, -0.25) is 9.52 Å². The van der Waals surface area contributed by atoms with E-state index in [1.807, 2.05) is 22.9 Å². The quantitative estimate of drug-likeness (QED) is 0.815. The number of carbonyl (C=O) groups is 1. The molecule has 1 N–H and O–H groups in total. The van der Waals surface area contributed by atoms with E-state index in [2.05, 4.69) is 0 Å². The van der Waals surface area contributed by atoms with Crippen LogP contribution >= 0.6 is 0 Å². The Labute approximate surface area is 93.0 Å². The number of hydrogen-bond donors (Lipinski definition) is 1. The summed E-state index contributed by atoms with van der Waals surface area (Å²) in [5, 5.41) is 1.41. The maximum atomic E-state index is 11.7. The number of carbonyl (C=O) groups excluding carboxylic acids is 1. The molecule has 0 spiro atoms. The van der Waals surface area contributed by atoms with E-state index in [-0.39, 0.29) is 11.3 Å². The maximum Gasteiger partial charge on any atom is 0.264 e. The van der Waals surface area contributed by atoms with Crippen LogP contribution in [0.5, 0.6) is 0 Å². The predicted octanol–water partition coefficient (Wildman–Crippen LogP) is 1.27. The standard InChI is InChI=1S/C11H9NO3S/c13-8-12-16(14,15)11-7-3-5-9-4-1-2-6-10(9)11/h1-8H,(H,12,13). The van der Waals surface area contributed by atoms with Gasteiger partial charge >= 0.3 is 0 Å². The lowest BCUT2D eigenvalue weighted by Gasteiger charge is -2.06. The summed E-state index contributed by atoms with van der Waals surface area (Å²) in [5.41, 5.74) is 0.